The monoisotopic (exact) mass is 495 g/mol. The second-order valence-corrected chi connectivity index (χ2v) is 13.1. The molecule has 11 heteroatoms. The third-order valence-electron chi connectivity index (χ3n) is 5.07. The number of nitrogens with zero attached hydrogens (tertiary/aromatic N) is 2. The zero-order chi connectivity index (χ0) is 24.6. The van der Waals surface area contributed by atoms with E-state index in [0.29, 0.717) is 34.8 Å². The van der Waals surface area contributed by atoms with Crippen molar-refractivity contribution in [2.24, 2.45) is 0 Å². The van der Waals surface area contributed by atoms with E-state index in [9.17, 15) is 16.8 Å². The molecule has 2 aromatic heterocycles. The number of methoxy groups -OCH3 is 2. The van der Waals surface area contributed by atoms with Crippen LogP contribution in [-0.2, 0) is 19.9 Å². The first kappa shape index (κ1) is 24.8. The molecule has 0 spiro atoms. The molecular formula is C22H29N3O6S2. The van der Waals surface area contributed by atoms with Gasteiger partial charge in [-0.05, 0) is 39.3 Å². The maximum atomic E-state index is 13.2. The Kier molecular flexibility index (Phi) is 6.67. The van der Waals surface area contributed by atoms with E-state index >= 15 is 0 Å². The van der Waals surface area contributed by atoms with Crippen molar-refractivity contribution in [2.45, 2.75) is 43.8 Å². The predicted molar refractivity (Wildman–Crippen MR) is 128 cm³/mol. The number of sulfone groups is 1. The molecule has 9 nitrogen and oxygen atoms in total. The summed E-state index contributed by atoms with van der Waals surface area (Å²) >= 11 is 0. The maximum Gasteiger partial charge on any atom is 0.232 e. The van der Waals surface area contributed by atoms with Crippen LogP contribution in [-0.4, -0.2) is 50.9 Å². The van der Waals surface area contributed by atoms with E-state index in [1.54, 1.807) is 62.6 Å². The van der Waals surface area contributed by atoms with Crippen LogP contribution in [0.4, 0.5) is 5.69 Å². The van der Waals surface area contributed by atoms with Crippen LogP contribution >= 0.6 is 0 Å². The number of rotatable bonds is 8. The van der Waals surface area contributed by atoms with Gasteiger partial charge in [0.1, 0.15) is 22.0 Å². The zero-order valence-electron chi connectivity index (χ0n) is 19.5. The molecular weight excluding hydrogens is 466 g/mol. The molecule has 1 N–H and O–H groups in total. The van der Waals surface area contributed by atoms with Crippen LogP contribution in [0.5, 0.6) is 11.5 Å². The minimum absolute atomic E-state index is 0.0109. The molecule has 3 aromatic rings. The average Bonchev–Trinajstić information content (AvgIpc) is 3.14. The highest BCUT2D eigenvalue weighted by Gasteiger charge is 2.34. The molecule has 3 rings (SSSR count). The van der Waals surface area contributed by atoms with Gasteiger partial charge in [0.15, 0.2) is 9.84 Å². The van der Waals surface area contributed by atoms with Crippen molar-refractivity contribution < 1.29 is 26.3 Å². The third-order valence-corrected chi connectivity index (χ3v) is 9.07. The van der Waals surface area contributed by atoms with Crippen LogP contribution in [0.2, 0.25) is 0 Å². The van der Waals surface area contributed by atoms with Crippen molar-refractivity contribution in [3.05, 3.63) is 36.7 Å². The number of benzene rings is 1. The molecule has 0 saturated heterocycles. The summed E-state index contributed by atoms with van der Waals surface area (Å²) in [6.07, 6.45) is 3.55. The van der Waals surface area contributed by atoms with Crippen molar-refractivity contribution >= 4 is 31.2 Å². The van der Waals surface area contributed by atoms with E-state index in [2.05, 4.69) is 9.71 Å². The fourth-order valence-electron chi connectivity index (χ4n) is 3.31. The third kappa shape index (κ3) is 4.93. The van der Waals surface area contributed by atoms with E-state index in [1.807, 2.05) is 0 Å². The number of hydrogen-bond acceptors (Lipinski definition) is 7. The van der Waals surface area contributed by atoms with E-state index in [1.165, 1.54) is 20.4 Å². The molecule has 0 saturated carbocycles. The van der Waals surface area contributed by atoms with E-state index < -0.39 is 24.6 Å². The lowest BCUT2D eigenvalue weighted by molar-refractivity contribution is 0.401. The SMILES string of the molecule is CCCS(=O)(=O)Nc1cc(OC)cc(-c2cnc3cc(OC)c(S(=O)(=O)C(C)(C)C)cn23)c1. The lowest BCUT2D eigenvalue weighted by Gasteiger charge is -2.21. The van der Waals surface area contributed by atoms with Crippen molar-refractivity contribution in [3.63, 3.8) is 0 Å². The quantitative estimate of drug-likeness (QED) is 0.506. The van der Waals surface area contributed by atoms with Gasteiger partial charge in [0.05, 0.1) is 42.3 Å². The lowest BCUT2D eigenvalue weighted by Crippen LogP contribution is -2.28. The summed E-state index contributed by atoms with van der Waals surface area (Å²) in [4.78, 5) is 4.42. The summed E-state index contributed by atoms with van der Waals surface area (Å²) in [5, 5.41) is 0. The van der Waals surface area contributed by atoms with Crippen LogP contribution in [0, 0.1) is 0 Å². The molecule has 2 heterocycles. The summed E-state index contributed by atoms with van der Waals surface area (Å²) in [6.45, 7) is 6.65. The van der Waals surface area contributed by atoms with E-state index in [0.717, 1.165) is 0 Å². The van der Waals surface area contributed by atoms with E-state index in [-0.39, 0.29) is 16.4 Å². The van der Waals surface area contributed by atoms with Crippen molar-refractivity contribution in [3.8, 4) is 22.8 Å². The first-order chi connectivity index (χ1) is 15.3. The first-order valence-electron chi connectivity index (χ1n) is 10.3. The zero-order valence-corrected chi connectivity index (χ0v) is 21.2. The molecule has 0 unspecified atom stereocenters. The number of fused-ring (bicyclic) bond motifs is 1. The smallest absolute Gasteiger partial charge is 0.232 e. The van der Waals surface area contributed by atoms with Crippen molar-refractivity contribution in [1.29, 1.82) is 0 Å². The molecule has 0 bridgehead atoms. The maximum absolute atomic E-state index is 13.2. The minimum Gasteiger partial charge on any atom is -0.497 e. The number of aromatic nitrogens is 2. The van der Waals surface area contributed by atoms with Crippen LogP contribution in [0.25, 0.3) is 16.9 Å². The highest BCUT2D eigenvalue weighted by atomic mass is 32.2. The first-order valence-corrected chi connectivity index (χ1v) is 13.5. The Morgan fingerprint density at radius 1 is 1.03 bits per heavy atom. The molecule has 0 aliphatic rings. The van der Waals surface area contributed by atoms with E-state index in [4.69, 9.17) is 9.47 Å². The Balaban J connectivity index is 2.22. The van der Waals surface area contributed by atoms with Gasteiger partial charge in [0.25, 0.3) is 0 Å². The summed E-state index contributed by atoms with van der Waals surface area (Å²) < 4.78 is 64.8. The number of hydrogen-bond donors (Lipinski definition) is 1. The van der Waals surface area contributed by atoms with Gasteiger partial charge in [-0.15, -0.1) is 0 Å². The standard InChI is InChI=1S/C22H29N3O6S2/c1-7-8-32(26,27)24-16-9-15(10-17(11-16)30-5)18-13-23-21-12-19(31-6)20(14-25(18)21)33(28,29)22(2,3)4/h9-14,24H,7-8H2,1-6H3. The van der Waals surface area contributed by atoms with Crippen molar-refractivity contribution in [1.82, 2.24) is 9.38 Å². The topological polar surface area (TPSA) is 116 Å². The molecule has 33 heavy (non-hydrogen) atoms. The number of nitrogens with one attached hydrogen (secondary N) is 1. The minimum atomic E-state index is -3.73. The van der Waals surface area contributed by atoms with Gasteiger partial charge in [-0.2, -0.15) is 0 Å². The summed E-state index contributed by atoms with van der Waals surface area (Å²) in [6, 6.07) is 6.52. The van der Waals surface area contributed by atoms with Crippen LogP contribution < -0.4 is 14.2 Å². The van der Waals surface area contributed by atoms with Crippen molar-refractivity contribution in [2.75, 3.05) is 24.7 Å². The highest BCUT2D eigenvalue weighted by Crippen LogP contribution is 2.35. The fraction of sp³-hybridized carbons (Fsp3) is 0.409. The summed E-state index contributed by atoms with van der Waals surface area (Å²) in [5.74, 6) is 0.629. The second-order valence-electron chi connectivity index (χ2n) is 8.56. The number of sulfonamides is 1. The predicted octanol–water partition coefficient (Wildman–Crippen LogP) is 3.74. The van der Waals surface area contributed by atoms with Gasteiger partial charge in [-0.3, -0.25) is 9.12 Å². The summed E-state index contributed by atoms with van der Waals surface area (Å²) in [7, 11) is -4.35. The Hall–Kier alpha value is -2.79. The van der Waals surface area contributed by atoms with Gasteiger partial charge in [-0.1, -0.05) is 6.92 Å². The molecule has 0 aliphatic carbocycles. The van der Waals surface area contributed by atoms with Gasteiger partial charge in [-0.25, -0.2) is 21.8 Å². The Bertz CT molecular complexity index is 1390. The number of anilines is 1. The average molecular weight is 496 g/mol. The molecule has 0 amide bonds. The van der Waals surface area contributed by atoms with Gasteiger partial charge in [0.2, 0.25) is 10.0 Å². The molecule has 0 radical (unpaired) electrons. The molecule has 1 aromatic carbocycles. The summed E-state index contributed by atoms with van der Waals surface area (Å²) in [5.41, 5.74) is 1.97. The molecule has 180 valence electrons. The van der Waals surface area contributed by atoms with Crippen LogP contribution in [0.15, 0.2) is 41.6 Å². The molecule has 0 aliphatic heterocycles. The Morgan fingerprint density at radius 3 is 2.30 bits per heavy atom. The number of imidazole rings is 1. The van der Waals surface area contributed by atoms with Gasteiger partial charge < -0.3 is 9.47 Å². The fourth-order valence-corrected chi connectivity index (χ4v) is 5.74. The Labute approximate surface area is 194 Å². The lowest BCUT2D eigenvalue weighted by atomic mass is 10.1. The number of ether oxygens (including phenoxy) is 2. The van der Waals surface area contributed by atoms with Gasteiger partial charge >= 0.3 is 0 Å². The second kappa shape index (κ2) is 8.86. The normalized spacial score (nSPS) is 12.7. The van der Waals surface area contributed by atoms with Gasteiger partial charge in [0, 0.05) is 23.9 Å². The highest BCUT2D eigenvalue weighted by molar-refractivity contribution is 7.93. The molecule has 0 atom stereocenters. The largest absolute Gasteiger partial charge is 0.497 e. The molecule has 0 fully saturated rings. The van der Waals surface area contributed by atoms with Crippen LogP contribution in [0.3, 0.4) is 0 Å². The number of pyridine rings is 1. The van der Waals surface area contributed by atoms with Crippen LogP contribution in [0.1, 0.15) is 34.1 Å². The Morgan fingerprint density at radius 2 is 1.73 bits per heavy atom.